The number of anilines is 1. The Morgan fingerprint density at radius 3 is 2.52 bits per heavy atom. The standard InChI is InChI=1S/C24H25N5O2/c30-23(29-13-5-9-20(29)22-25-17-6-1-2-7-18(17)26-22)16-11-14-28(15-12-16)24-27-19-8-3-4-10-21(19)31-24/h1-4,6-8,10,16,20H,5,9,11-15H2,(H,25,26)/t20-/m0/s1. The Labute approximate surface area is 180 Å². The number of nitrogens with zero attached hydrogens (tertiary/aromatic N) is 4. The monoisotopic (exact) mass is 415 g/mol. The maximum atomic E-state index is 13.4. The maximum absolute atomic E-state index is 13.4. The molecule has 0 radical (unpaired) electrons. The van der Waals surface area contributed by atoms with Gasteiger partial charge in [-0.3, -0.25) is 4.79 Å². The van der Waals surface area contributed by atoms with Gasteiger partial charge in [-0.2, -0.15) is 4.98 Å². The molecule has 2 saturated heterocycles. The van der Waals surface area contributed by atoms with Gasteiger partial charge in [0.05, 0.1) is 17.1 Å². The lowest BCUT2D eigenvalue weighted by Crippen LogP contribution is -2.42. The topological polar surface area (TPSA) is 78.3 Å². The summed E-state index contributed by atoms with van der Waals surface area (Å²) >= 11 is 0. The second-order valence-corrected chi connectivity index (χ2v) is 8.55. The molecule has 6 rings (SSSR count). The molecule has 0 bridgehead atoms. The Kier molecular flexibility index (Phi) is 4.40. The van der Waals surface area contributed by atoms with Gasteiger partial charge in [0, 0.05) is 25.6 Å². The number of hydrogen-bond acceptors (Lipinski definition) is 5. The Morgan fingerprint density at radius 2 is 1.71 bits per heavy atom. The molecule has 2 fully saturated rings. The predicted molar refractivity (Wildman–Crippen MR) is 119 cm³/mol. The minimum Gasteiger partial charge on any atom is -0.423 e. The molecule has 31 heavy (non-hydrogen) atoms. The van der Waals surface area contributed by atoms with Crippen LogP contribution in [0.1, 0.15) is 37.5 Å². The van der Waals surface area contributed by atoms with Gasteiger partial charge < -0.3 is 19.2 Å². The molecule has 7 heteroatoms. The number of carbonyl (C=O) groups is 1. The van der Waals surface area contributed by atoms with Crippen LogP contribution >= 0.6 is 0 Å². The molecule has 1 atom stereocenters. The van der Waals surface area contributed by atoms with E-state index in [1.807, 2.05) is 48.5 Å². The smallest absolute Gasteiger partial charge is 0.298 e. The van der Waals surface area contributed by atoms with Crippen LogP contribution in [-0.4, -0.2) is 45.4 Å². The lowest BCUT2D eigenvalue weighted by molar-refractivity contribution is -0.137. The normalized spacial score (nSPS) is 20.2. The van der Waals surface area contributed by atoms with E-state index in [-0.39, 0.29) is 17.9 Å². The molecular formula is C24H25N5O2. The Hall–Kier alpha value is -3.35. The zero-order chi connectivity index (χ0) is 20.8. The summed E-state index contributed by atoms with van der Waals surface area (Å²) in [6.45, 7) is 2.38. The van der Waals surface area contributed by atoms with Crippen molar-refractivity contribution in [3.8, 4) is 0 Å². The minimum atomic E-state index is 0.0469. The van der Waals surface area contributed by atoms with Crippen molar-refractivity contribution in [1.29, 1.82) is 0 Å². The first-order valence-electron chi connectivity index (χ1n) is 11.1. The number of aromatic amines is 1. The second kappa shape index (κ2) is 7.41. The van der Waals surface area contributed by atoms with E-state index in [1.54, 1.807) is 0 Å². The number of amides is 1. The summed E-state index contributed by atoms with van der Waals surface area (Å²) < 4.78 is 5.91. The number of para-hydroxylation sites is 4. The number of piperidine rings is 1. The molecule has 1 N–H and O–H groups in total. The molecule has 158 valence electrons. The molecule has 2 aliphatic rings. The number of H-pyrrole nitrogens is 1. The van der Waals surface area contributed by atoms with Crippen LogP contribution in [0.5, 0.6) is 0 Å². The van der Waals surface area contributed by atoms with Gasteiger partial charge in [0.25, 0.3) is 6.01 Å². The highest BCUT2D eigenvalue weighted by molar-refractivity contribution is 5.80. The number of fused-ring (bicyclic) bond motifs is 2. The van der Waals surface area contributed by atoms with Gasteiger partial charge in [0.15, 0.2) is 5.58 Å². The molecule has 1 amide bonds. The van der Waals surface area contributed by atoms with Gasteiger partial charge in [-0.15, -0.1) is 0 Å². The summed E-state index contributed by atoms with van der Waals surface area (Å²) in [6.07, 6.45) is 3.63. The summed E-state index contributed by atoms with van der Waals surface area (Å²) in [5, 5.41) is 0. The van der Waals surface area contributed by atoms with Crippen LogP contribution in [0.4, 0.5) is 6.01 Å². The molecular weight excluding hydrogens is 390 g/mol. The van der Waals surface area contributed by atoms with Gasteiger partial charge in [0.1, 0.15) is 11.3 Å². The summed E-state index contributed by atoms with van der Waals surface area (Å²) in [5.41, 5.74) is 3.68. The molecule has 2 aliphatic heterocycles. The van der Waals surface area contributed by atoms with Crippen LogP contribution in [0, 0.1) is 5.92 Å². The highest BCUT2D eigenvalue weighted by Gasteiger charge is 2.37. The van der Waals surface area contributed by atoms with E-state index in [4.69, 9.17) is 9.40 Å². The van der Waals surface area contributed by atoms with Crippen molar-refractivity contribution in [2.45, 2.75) is 31.7 Å². The first-order chi connectivity index (χ1) is 15.3. The van der Waals surface area contributed by atoms with Crippen LogP contribution < -0.4 is 4.90 Å². The van der Waals surface area contributed by atoms with Crippen LogP contribution in [0.2, 0.25) is 0 Å². The summed E-state index contributed by atoms with van der Waals surface area (Å²) in [5.74, 6) is 1.22. The van der Waals surface area contributed by atoms with E-state index in [2.05, 4.69) is 19.8 Å². The van der Waals surface area contributed by atoms with Gasteiger partial charge >= 0.3 is 0 Å². The van der Waals surface area contributed by atoms with Gasteiger partial charge in [-0.05, 0) is 49.9 Å². The molecule has 4 aromatic rings. The van der Waals surface area contributed by atoms with E-state index in [0.717, 1.165) is 73.3 Å². The quantitative estimate of drug-likeness (QED) is 0.540. The number of hydrogen-bond donors (Lipinski definition) is 1. The fourth-order valence-corrected chi connectivity index (χ4v) is 4.99. The number of imidazole rings is 1. The van der Waals surface area contributed by atoms with Crippen molar-refractivity contribution in [3.05, 3.63) is 54.4 Å². The second-order valence-electron chi connectivity index (χ2n) is 8.55. The largest absolute Gasteiger partial charge is 0.423 e. The molecule has 0 unspecified atom stereocenters. The number of aromatic nitrogens is 3. The van der Waals surface area contributed by atoms with Crippen molar-refractivity contribution >= 4 is 34.1 Å². The number of benzene rings is 2. The first kappa shape index (κ1) is 18.4. The fraction of sp³-hybridized carbons (Fsp3) is 0.375. The first-order valence-corrected chi connectivity index (χ1v) is 11.1. The molecule has 0 aliphatic carbocycles. The van der Waals surface area contributed by atoms with Crippen LogP contribution in [0.15, 0.2) is 52.9 Å². The predicted octanol–water partition coefficient (Wildman–Crippen LogP) is 4.28. The average molecular weight is 415 g/mol. The number of carbonyl (C=O) groups excluding carboxylic acids is 1. The van der Waals surface area contributed by atoms with Crippen molar-refractivity contribution in [1.82, 2.24) is 19.9 Å². The van der Waals surface area contributed by atoms with Crippen molar-refractivity contribution in [3.63, 3.8) is 0 Å². The summed E-state index contributed by atoms with van der Waals surface area (Å²) in [7, 11) is 0. The molecule has 4 heterocycles. The molecule has 2 aromatic heterocycles. The van der Waals surface area contributed by atoms with E-state index in [9.17, 15) is 4.79 Å². The van der Waals surface area contributed by atoms with Crippen LogP contribution in [0.3, 0.4) is 0 Å². The number of oxazole rings is 1. The summed E-state index contributed by atoms with van der Waals surface area (Å²) in [6, 6.07) is 16.6. The average Bonchev–Trinajstić information content (AvgIpc) is 3.55. The van der Waals surface area contributed by atoms with Crippen molar-refractivity contribution in [2.24, 2.45) is 5.92 Å². The van der Waals surface area contributed by atoms with Gasteiger partial charge in [-0.1, -0.05) is 24.3 Å². The van der Waals surface area contributed by atoms with E-state index >= 15 is 0 Å². The molecule has 0 saturated carbocycles. The van der Waals surface area contributed by atoms with Crippen molar-refractivity contribution < 1.29 is 9.21 Å². The lowest BCUT2D eigenvalue weighted by Gasteiger charge is -2.33. The minimum absolute atomic E-state index is 0.0469. The molecule has 7 nitrogen and oxygen atoms in total. The third-order valence-electron chi connectivity index (χ3n) is 6.66. The highest BCUT2D eigenvalue weighted by atomic mass is 16.4. The van der Waals surface area contributed by atoms with Gasteiger partial charge in [-0.25, -0.2) is 4.98 Å². The Morgan fingerprint density at radius 1 is 0.935 bits per heavy atom. The number of likely N-dealkylation sites (tertiary alicyclic amines) is 1. The van der Waals surface area contributed by atoms with Crippen molar-refractivity contribution in [2.75, 3.05) is 24.5 Å². The zero-order valence-corrected chi connectivity index (χ0v) is 17.3. The number of rotatable bonds is 3. The maximum Gasteiger partial charge on any atom is 0.298 e. The third-order valence-corrected chi connectivity index (χ3v) is 6.66. The molecule has 2 aromatic carbocycles. The lowest BCUT2D eigenvalue weighted by atomic mass is 9.95. The molecule has 0 spiro atoms. The summed E-state index contributed by atoms with van der Waals surface area (Å²) in [4.78, 5) is 30.4. The Balaban J connectivity index is 1.15. The number of nitrogens with one attached hydrogen (secondary N) is 1. The highest BCUT2D eigenvalue weighted by Crippen LogP contribution is 2.35. The van der Waals surface area contributed by atoms with Crippen LogP contribution in [-0.2, 0) is 4.79 Å². The van der Waals surface area contributed by atoms with Gasteiger partial charge in [0.2, 0.25) is 5.91 Å². The van der Waals surface area contributed by atoms with E-state index in [1.165, 1.54) is 0 Å². The van der Waals surface area contributed by atoms with E-state index in [0.29, 0.717) is 6.01 Å². The zero-order valence-electron chi connectivity index (χ0n) is 17.3. The SMILES string of the molecule is O=C(C1CCN(c2nc3ccccc3o2)CC1)N1CCC[C@H]1c1nc2ccccc2[nH]1. The van der Waals surface area contributed by atoms with E-state index < -0.39 is 0 Å². The van der Waals surface area contributed by atoms with Crippen LogP contribution in [0.25, 0.3) is 22.1 Å². The Bertz CT molecular complexity index is 1170. The third kappa shape index (κ3) is 3.24. The fourth-order valence-electron chi connectivity index (χ4n) is 4.99.